The highest BCUT2D eigenvalue weighted by atomic mass is 35.5. The molecule has 1 aromatic rings. The van der Waals surface area contributed by atoms with Crippen molar-refractivity contribution in [3.63, 3.8) is 0 Å². The minimum Gasteiger partial charge on any atom is -0.491 e. The molecular formula is C6H8Cl2N2O. The summed E-state index contributed by atoms with van der Waals surface area (Å²) in [5.41, 5.74) is 5.98. The summed E-state index contributed by atoms with van der Waals surface area (Å²) in [6, 6.07) is 1.63. The molecule has 5 heteroatoms. The number of anilines is 1. The van der Waals surface area contributed by atoms with Gasteiger partial charge in [0.2, 0.25) is 0 Å². The standard InChI is InChI=1S/C6H7ClN2O.ClH/c1-10-5-4(8)2-3-9-6(5)7;/h2-3H,1H3,(H2,8,9);1H. The van der Waals surface area contributed by atoms with Gasteiger partial charge in [0.1, 0.15) is 0 Å². The number of ether oxygens (including phenoxy) is 1. The van der Waals surface area contributed by atoms with Gasteiger partial charge in [-0.1, -0.05) is 11.6 Å². The zero-order valence-corrected chi connectivity index (χ0v) is 7.45. The predicted molar refractivity (Wildman–Crippen MR) is 47.5 cm³/mol. The van der Waals surface area contributed by atoms with Crippen molar-refractivity contribution in [3.8, 4) is 5.75 Å². The van der Waals surface area contributed by atoms with E-state index in [1.54, 1.807) is 6.07 Å². The number of hydrogen-bond donors (Lipinski definition) is 1. The largest absolute Gasteiger partial charge is 0.491 e. The van der Waals surface area contributed by atoms with Gasteiger partial charge in [-0.15, -0.1) is 12.4 Å². The van der Waals surface area contributed by atoms with Crippen LogP contribution in [-0.4, -0.2) is 12.1 Å². The summed E-state index contributed by atoms with van der Waals surface area (Å²) in [7, 11) is 1.50. The smallest absolute Gasteiger partial charge is 0.179 e. The average molecular weight is 195 g/mol. The lowest BCUT2D eigenvalue weighted by Gasteiger charge is -2.03. The predicted octanol–water partition coefficient (Wildman–Crippen LogP) is 1.75. The molecule has 0 aliphatic rings. The lowest BCUT2D eigenvalue weighted by molar-refractivity contribution is 0.415. The van der Waals surface area contributed by atoms with Gasteiger partial charge in [0.15, 0.2) is 10.9 Å². The normalized spacial score (nSPS) is 8.55. The Hall–Kier alpha value is -0.670. The summed E-state index contributed by atoms with van der Waals surface area (Å²) in [5.74, 6) is 0.434. The maximum Gasteiger partial charge on any atom is 0.179 e. The molecule has 0 aliphatic carbocycles. The van der Waals surface area contributed by atoms with Crippen molar-refractivity contribution in [2.24, 2.45) is 0 Å². The Bertz CT molecular complexity index is 222. The maximum atomic E-state index is 5.61. The fourth-order valence-corrected chi connectivity index (χ4v) is 0.881. The van der Waals surface area contributed by atoms with Gasteiger partial charge in [0.25, 0.3) is 0 Å². The molecule has 0 atom stereocenters. The van der Waals surface area contributed by atoms with Crippen LogP contribution >= 0.6 is 24.0 Å². The number of halogens is 2. The van der Waals surface area contributed by atoms with Crippen molar-refractivity contribution >= 4 is 29.7 Å². The number of nitrogens with zero attached hydrogens (tertiary/aromatic N) is 1. The van der Waals surface area contributed by atoms with Crippen LogP contribution in [-0.2, 0) is 0 Å². The Balaban J connectivity index is 0.000001000. The molecule has 3 nitrogen and oxygen atoms in total. The molecule has 0 fully saturated rings. The van der Waals surface area contributed by atoms with E-state index in [2.05, 4.69) is 4.98 Å². The van der Waals surface area contributed by atoms with E-state index in [1.807, 2.05) is 0 Å². The van der Waals surface area contributed by atoms with Gasteiger partial charge in [-0.2, -0.15) is 0 Å². The minimum atomic E-state index is 0. The third-order valence-electron chi connectivity index (χ3n) is 1.10. The molecule has 0 unspecified atom stereocenters. The van der Waals surface area contributed by atoms with E-state index in [4.69, 9.17) is 22.1 Å². The second-order valence-electron chi connectivity index (χ2n) is 1.72. The van der Waals surface area contributed by atoms with Crippen LogP contribution in [0.25, 0.3) is 0 Å². The number of pyridine rings is 1. The molecule has 0 aliphatic heterocycles. The van der Waals surface area contributed by atoms with Crippen molar-refractivity contribution in [1.29, 1.82) is 0 Å². The summed E-state index contributed by atoms with van der Waals surface area (Å²) in [6.07, 6.45) is 1.53. The number of rotatable bonds is 1. The number of methoxy groups -OCH3 is 1. The molecule has 0 amide bonds. The maximum absolute atomic E-state index is 5.61. The van der Waals surface area contributed by atoms with Crippen molar-refractivity contribution in [3.05, 3.63) is 17.4 Å². The van der Waals surface area contributed by atoms with Crippen LogP contribution in [0.15, 0.2) is 12.3 Å². The Kier molecular flexibility index (Phi) is 4.00. The molecule has 0 saturated heterocycles. The molecular weight excluding hydrogens is 187 g/mol. The van der Waals surface area contributed by atoms with Crippen LogP contribution < -0.4 is 10.5 Å². The van der Waals surface area contributed by atoms with E-state index in [9.17, 15) is 0 Å². The SMILES string of the molecule is COc1c(N)ccnc1Cl.Cl. The molecule has 0 bridgehead atoms. The zero-order valence-electron chi connectivity index (χ0n) is 5.87. The van der Waals surface area contributed by atoms with E-state index in [-0.39, 0.29) is 12.4 Å². The highest BCUT2D eigenvalue weighted by Gasteiger charge is 2.03. The third-order valence-corrected chi connectivity index (χ3v) is 1.36. The monoisotopic (exact) mass is 194 g/mol. The topological polar surface area (TPSA) is 48.1 Å². The second kappa shape index (κ2) is 4.26. The minimum absolute atomic E-state index is 0. The van der Waals surface area contributed by atoms with Gasteiger partial charge < -0.3 is 10.5 Å². The highest BCUT2D eigenvalue weighted by molar-refractivity contribution is 6.31. The van der Waals surface area contributed by atoms with Crippen LogP contribution in [0.1, 0.15) is 0 Å². The Morgan fingerprint density at radius 3 is 2.64 bits per heavy atom. The Labute approximate surface area is 75.9 Å². The van der Waals surface area contributed by atoms with E-state index in [0.717, 1.165) is 0 Å². The quantitative estimate of drug-likeness (QED) is 0.694. The van der Waals surface area contributed by atoms with Crippen LogP contribution in [0.2, 0.25) is 5.15 Å². The molecule has 0 radical (unpaired) electrons. The van der Waals surface area contributed by atoms with Crippen molar-refractivity contribution in [2.45, 2.75) is 0 Å². The van der Waals surface area contributed by atoms with Crippen LogP contribution in [0.3, 0.4) is 0 Å². The molecule has 2 N–H and O–H groups in total. The van der Waals surface area contributed by atoms with Crippen LogP contribution in [0.4, 0.5) is 5.69 Å². The van der Waals surface area contributed by atoms with Crippen LogP contribution in [0.5, 0.6) is 5.75 Å². The summed E-state index contributed by atoms with van der Waals surface area (Å²) in [5, 5.41) is 0.294. The Morgan fingerprint density at radius 1 is 1.64 bits per heavy atom. The first kappa shape index (κ1) is 10.3. The number of nitrogen functional groups attached to an aromatic ring is 1. The van der Waals surface area contributed by atoms with E-state index < -0.39 is 0 Å². The van der Waals surface area contributed by atoms with Crippen molar-refractivity contribution in [2.75, 3.05) is 12.8 Å². The molecule has 1 heterocycles. The molecule has 11 heavy (non-hydrogen) atoms. The van der Waals surface area contributed by atoms with Gasteiger partial charge in [0, 0.05) is 6.20 Å². The lowest BCUT2D eigenvalue weighted by atomic mass is 10.4. The fourth-order valence-electron chi connectivity index (χ4n) is 0.638. The summed E-state index contributed by atoms with van der Waals surface area (Å²) in [6.45, 7) is 0. The van der Waals surface area contributed by atoms with Gasteiger partial charge in [-0.25, -0.2) is 4.98 Å². The highest BCUT2D eigenvalue weighted by Crippen LogP contribution is 2.27. The van der Waals surface area contributed by atoms with Crippen molar-refractivity contribution in [1.82, 2.24) is 4.98 Å². The van der Waals surface area contributed by atoms with Crippen LogP contribution in [0, 0.1) is 0 Å². The molecule has 1 rings (SSSR count). The number of hydrogen-bond acceptors (Lipinski definition) is 3. The average Bonchev–Trinajstić information content (AvgIpc) is 1.88. The zero-order chi connectivity index (χ0) is 7.56. The van der Waals surface area contributed by atoms with E-state index in [0.29, 0.717) is 16.6 Å². The van der Waals surface area contributed by atoms with Crippen molar-refractivity contribution < 1.29 is 4.74 Å². The first-order valence-electron chi connectivity index (χ1n) is 2.69. The van der Waals surface area contributed by atoms with E-state index >= 15 is 0 Å². The van der Waals surface area contributed by atoms with Gasteiger partial charge in [-0.05, 0) is 6.07 Å². The molecule has 62 valence electrons. The summed E-state index contributed by atoms with van der Waals surface area (Å²) >= 11 is 5.61. The molecule has 0 saturated carbocycles. The first-order valence-corrected chi connectivity index (χ1v) is 3.07. The van der Waals surface area contributed by atoms with Gasteiger partial charge in [-0.3, -0.25) is 0 Å². The fraction of sp³-hybridized carbons (Fsp3) is 0.167. The summed E-state index contributed by atoms with van der Waals surface area (Å²) in [4.78, 5) is 3.77. The third kappa shape index (κ3) is 2.13. The lowest BCUT2D eigenvalue weighted by Crippen LogP contribution is -1.93. The molecule has 1 aromatic heterocycles. The van der Waals surface area contributed by atoms with Gasteiger partial charge in [0.05, 0.1) is 12.8 Å². The first-order chi connectivity index (χ1) is 4.75. The molecule has 0 spiro atoms. The molecule has 0 aromatic carbocycles. The van der Waals surface area contributed by atoms with Gasteiger partial charge >= 0.3 is 0 Å². The number of nitrogens with two attached hydrogens (primary N) is 1. The summed E-state index contributed by atoms with van der Waals surface area (Å²) < 4.78 is 4.86. The van der Waals surface area contributed by atoms with E-state index in [1.165, 1.54) is 13.3 Å². The second-order valence-corrected chi connectivity index (χ2v) is 2.08. The Morgan fingerprint density at radius 2 is 2.27 bits per heavy atom. The number of aromatic nitrogens is 1.